The number of hydrogen-bond donors (Lipinski definition) is 1. The maximum atomic E-state index is 14.2. The van der Waals surface area contributed by atoms with E-state index in [9.17, 15) is 18.7 Å². The zero-order valence-electron chi connectivity index (χ0n) is 20.0. The molecule has 0 bridgehead atoms. The number of hydrogen-bond acceptors (Lipinski definition) is 3. The Kier molecular flexibility index (Phi) is 9.46. The molecule has 9 heteroatoms. The van der Waals surface area contributed by atoms with E-state index >= 15 is 0 Å². The Morgan fingerprint density at radius 1 is 1.22 bits per heavy atom. The van der Waals surface area contributed by atoms with Crippen LogP contribution in [-0.2, 0) is 28.2 Å². The number of aliphatic hydroxyl groups is 1. The molecule has 5 nitrogen and oxygen atoms in total. The van der Waals surface area contributed by atoms with Crippen LogP contribution in [0.4, 0.5) is 8.78 Å². The maximum Gasteiger partial charge on any atom is 0.343 e. The van der Waals surface area contributed by atoms with Gasteiger partial charge >= 0.3 is 5.97 Å². The summed E-state index contributed by atoms with van der Waals surface area (Å²) in [6.07, 6.45) is 3.69. The van der Waals surface area contributed by atoms with Gasteiger partial charge in [-0.25, -0.2) is 22.7 Å². The molecule has 1 aliphatic carbocycles. The second kappa shape index (κ2) is 12.0. The number of esters is 1. The fourth-order valence-electron chi connectivity index (χ4n) is 4.82. The Hall–Kier alpha value is -2.10. The average Bonchev–Trinajstić information content (AvgIpc) is 3.18. The van der Waals surface area contributed by atoms with E-state index in [2.05, 4.69) is 32.6 Å². The van der Waals surface area contributed by atoms with Gasteiger partial charge in [-0.2, -0.15) is 0 Å². The third kappa shape index (κ3) is 6.42. The van der Waals surface area contributed by atoms with Crippen molar-refractivity contribution in [1.29, 1.82) is 0 Å². The molecule has 2 aromatic carbocycles. The van der Waals surface area contributed by atoms with Crippen molar-refractivity contribution in [2.24, 2.45) is 5.92 Å². The third-order valence-corrected chi connectivity index (χ3v) is 7.37. The van der Waals surface area contributed by atoms with Crippen LogP contribution in [0.5, 0.6) is 0 Å². The Morgan fingerprint density at radius 3 is 2.58 bits per heavy atom. The lowest BCUT2D eigenvalue weighted by Crippen LogP contribution is -3.00. The van der Waals surface area contributed by atoms with Gasteiger partial charge in [0.15, 0.2) is 5.60 Å². The second-order valence-electron chi connectivity index (χ2n) is 9.21. The van der Waals surface area contributed by atoms with Crippen LogP contribution in [-0.4, -0.2) is 28.2 Å². The highest BCUT2D eigenvalue weighted by atomic mass is 79.9. The number of aromatic nitrogens is 2. The summed E-state index contributed by atoms with van der Waals surface area (Å²) in [7, 11) is 0. The fourth-order valence-corrected chi connectivity index (χ4v) is 5.08. The second-order valence-corrected chi connectivity index (χ2v) is 10.1. The lowest BCUT2D eigenvalue weighted by Gasteiger charge is -2.39. The smallest absolute Gasteiger partial charge is 0.343 e. The lowest BCUT2D eigenvalue weighted by molar-refractivity contribution is -0.694. The Balaban J connectivity index is 0.00000361. The van der Waals surface area contributed by atoms with Gasteiger partial charge in [0.25, 0.3) is 5.82 Å². The molecule has 2 atom stereocenters. The fraction of sp³-hybridized carbons (Fsp3) is 0.407. The number of carbonyl (C=O) groups excluding carboxylic acids is 1. The zero-order chi connectivity index (χ0) is 25.1. The molecular formula is C27H30Br2F2N2O3. The van der Waals surface area contributed by atoms with Crippen molar-refractivity contribution in [2.75, 3.05) is 6.61 Å². The maximum absolute atomic E-state index is 14.2. The van der Waals surface area contributed by atoms with Crippen LogP contribution in [0.1, 0.15) is 42.6 Å². The van der Waals surface area contributed by atoms with Crippen molar-refractivity contribution in [3.8, 4) is 0 Å². The predicted molar refractivity (Wildman–Crippen MR) is 131 cm³/mol. The molecule has 0 radical (unpaired) electrons. The Labute approximate surface area is 229 Å². The van der Waals surface area contributed by atoms with Crippen molar-refractivity contribution in [1.82, 2.24) is 4.57 Å². The van der Waals surface area contributed by atoms with E-state index < -0.39 is 29.8 Å². The zero-order valence-corrected chi connectivity index (χ0v) is 23.2. The van der Waals surface area contributed by atoms with Gasteiger partial charge in [0.05, 0.1) is 0 Å². The Morgan fingerprint density at radius 2 is 1.92 bits per heavy atom. The summed E-state index contributed by atoms with van der Waals surface area (Å²) in [6.45, 7) is 3.09. The molecule has 0 saturated heterocycles. The van der Waals surface area contributed by atoms with Gasteiger partial charge < -0.3 is 26.8 Å². The van der Waals surface area contributed by atoms with Crippen molar-refractivity contribution >= 4 is 21.9 Å². The summed E-state index contributed by atoms with van der Waals surface area (Å²) in [5.74, 6) is -3.72. The molecule has 4 rings (SSSR count). The van der Waals surface area contributed by atoms with Crippen molar-refractivity contribution in [2.45, 2.75) is 57.2 Å². The molecule has 36 heavy (non-hydrogen) atoms. The molecule has 3 aromatic rings. The first-order chi connectivity index (χ1) is 16.7. The van der Waals surface area contributed by atoms with Gasteiger partial charge in [0.1, 0.15) is 32.1 Å². The first-order valence-electron chi connectivity index (χ1n) is 11.8. The quantitative estimate of drug-likeness (QED) is 0.308. The largest absolute Gasteiger partial charge is 1.00 e. The molecule has 0 spiro atoms. The number of benzene rings is 2. The van der Waals surface area contributed by atoms with Crippen LogP contribution in [0.2, 0.25) is 0 Å². The van der Waals surface area contributed by atoms with Crippen LogP contribution < -0.4 is 21.5 Å². The van der Waals surface area contributed by atoms with E-state index in [1.54, 1.807) is 30.3 Å². The molecule has 1 aliphatic rings. The molecule has 0 amide bonds. The first-order valence-corrected chi connectivity index (χ1v) is 12.6. The van der Waals surface area contributed by atoms with Gasteiger partial charge in [-0.05, 0) is 36.1 Å². The minimum Gasteiger partial charge on any atom is -1.00 e. The van der Waals surface area contributed by atoms with Gasteiger partial charge in [0.2, 0.25) is 5.92 Å². The lowest BCUT2D eigenvalue weighted by atomic mass is 9.72. The SMILES string of the molecule is Cc1n(CCOC(=O)[C@](O)(c2ccccc2)[C@@H]2CCCC(F)(F)C2)cc[n+]1Cc1ccc(Br)cc1.[Br-]. The number of halogens is 4. The highest BCUT2D eigenvalue weighted by molar-refractivity contribution is 9.10. The number of rotatable bonds is 8. The highest BCUT2D eigenvalue weighted by Crippen LogP contribution is 2.45. The van der Waals surface area contributed by atoms with E-state index in [-0.39, 0.29) is 42.0 Å². The topological polar surface area (TPSA) is 55.3 Å². The van der Waals surface area contributed by atoms with E-state index in [0.717, 1.165) is 15.9 Å². The highest BCUT2D eigenvalue weighted by Gasteiger charge is 2.52. The number of ether oxygens (including phenoxy) is 1. The summed E-state index contributed by atoms with van der Waals surface area (Å²) in [4.78, 5) is 13.2. The van der Waals surface area contributed by atoms with Gasteiger partial charge in [-0.3, -0.25) is 0 Å². The monoisotopic (exact) mass is 626 g/mol. The molecule has 1 aromatic heterocycles. The van der Waals surface area contributed by atoms with Crippen molar-refractivity contribution in [3.63, 3.8) is 0 Å². The van der Waals surface area contributed by atoms with Crippen LogP contribution in [0, 0.1) is 12.8 Å². The Bertz CT molecular complexity index is 1160. The van der Waals surface area contributed by atoms with Crippen molar-refractivity contribution in [3.05, 3.63) is 88.4 Å². The van der Waals surface area contributed by atoms with E-state index in [1.807, 2.05) is 36.0 Å². The van der Waals surface area contributed by atoms with E-state index in [0.29, 0.717) is 19.5 Å². The van der Waals surface area contributed by atoms with Crippen LogP contribution in [0.25, 0.3) is 0 Å². The van der Waals surface area contributed by atoms with Crippen LogP contribution in [0.15, 0.2) is 71.5 Å². The molecule has 0 aliphatic heterocycles. The molecule has 194 valence electrons. The molecule has 1 N–H and O–H groups in total. The minimum atomic E-state index is -2.91. The predicted octanol–water partition coefficient (Wildman–Crippen LogP) is 2.16. The summed E-state index contributed by atoms with van der Waals surface area (Å²) in [5.41, 5.74) is -0.668. The third-order valence-electron chi connectivity index (χ3n) is 6.85. The minimum absolute atomic E-state index is 0. The van der Waals surface area contributed by atoms with Crippen molar-refractivity contribution < 1.29 is 45.0 Å². The average molecular weight is 628 g/mol. The molecular weight excluding hydrogens is 598 g/mol. The standard InChI is InChI=1S/C27H30BrF2N2O3.BrH/c1-20-31(14-15-32(20)19-21-9-11-24(28)12-10-21)16-17-35-25(33)27(34,22-6-3-2-4-7-22)23-8-5-13-26(29,30)18-23;/h2-4,6-7,9-12,14-15,23,34H,5,8,13,16-19H2,1H3;1H/q+1;/p-1/t23-,27+;/m1./s1. The number of carbonyl (C=O) groups is 1. The van der Waals surface area contributed by atoms with Gasteiger partial charge in [-0.1, -0.05) is 58.4 Å². The van der Waals surface area contributed by atoms with Crippen LogP contribution >= 0.6 is 15.9 Å². The summed E-state index contributed by atoms with van der Waals surface area (Å²) >= 11 is 3.44. The van der Waals surface area contributed by atoms with Gasteiger partial charge in [0, 0.05) is 30.2 Å². The molecule has 1 fully saturated rings. The molecule has 0 unspecified atom stereocenters. The summed E-state index contributed by atoms with van der Waals surface area (Å²) in [5, 5.41) is 11.5. The van der Waals surface area contributed by atoms with E-state index in [4.69, 9.17) is 4.74 Å². The normalized spacial score (nSPS) is 18.6. The number of nitrogens with zero attached hydrogens (tertiary/aromatic N) is 2. The summed E-state index contributed by atoms with van der Waals surface area (Å²) < 4.78 is 39.0. The molecule has 1 saturated carbocycles. The first kappa shape index (κ1) is 28.5. The molecule has 1 heterocycles. The van der Waals surface area contributed by atoms with Crippen LogP contribution in [0.3, 0.4) is 0 Å². The van der Waals surface area contributed by atoms with E-state index in [1.165, 1.54) is 0 Å². The number of imidazole rings is 1. The number of alkyl halides is 2. The van der Waals surface area contributed by atoms with Gasteiger partial charge in [-0.15, -0.1) is 0 Å². The summed E-state index contributed by atoms with van der Waals surface area (Å²) in [6, 6.07) is 16.4.